The number of hydrogen-bond acceptors (Lipinski definition) is 2. The van der Waals surface area contributed by atoms with E-state index in [1.54, 1.807) is 12.1 Å². The maximum absolute atomic E-state index is 13.6. The molecule has 0 aliphatic heterocycles. The van der Waals surface area contributed by atoms with Crippen molar-refractivity contribution in [2.75, 3.05) is 0 Å². The molecule has 0 saturated heterocycles. The molecule has 2 atom stereocenters. The third kappa shape index (κ3) is 2.33. The lowest BCUT2D eigenvalue weighted by atomic mass is 9.90. The molecule has 0 bridgehead atoms. The third-order valence-corrected chi connectivity index (χ3v) is 5.72. The predicted octanol–water partition coefficient (Wildman–Crippen LogP) is 4.48. The van der Waals surface area contributed by atoms with Crippen LogP contribution in [-0.2, 0) is 4.79 Å². The summed E-state index contributed by atoms with van der Waals surface area (Å²) < 4.78 is 13.6. The van der Waals surface area contributed by atoms with Crippen molar-refractivity contribution >= 4 is 17.2 Å². The zero-order valence-electron chi connectivity index (χ0n) is 12.5. The van der Waals surface area contributed by atoms with Gasteiger partial charge in [-0.15, -0.1) is 0 Å². The molecule has 0 radical (unpaired) electrons. The quantitative estimate of drug-likeness (QED) is 0.782. The van der Waals surface area contributed by atoms with E-state index < -0.39 is 0 Å². The highest BCUT2D eigenvalue weighted by atomic mass is 19.1. The van der Waals surface area contributed by atoms with Gasteiger partial charge in [-0.2, -0.15) is 0 Å². The summed E-state index contributed by atoms with van der Waals surface area (Å²) in [6, 6.07) is 6.94. The summed E-state index contributed by atoms with van der Waals surface area (Å²) in [5, 5.41) is 0.969. The normalized spacial score (nSPS) is 30.6. The highest BCUT2D eigenvalue weighted by Gasteiger charge is 2.42. The SMILES string of the molecule is O=CCC1CC2CC(c3ccnc4ccc(F)cc34)CC2C1. The van der Waals surface area contributed by atoms with Gasteiger partial charge < -0.3 is 4.79 Å². The van der Waals surface area contributed by atoms with Crippen molar-refractivity contribution in [2.24, 2.45) is 17.8 Å². The lowest BCUT2D eigenvalue weighted by molar-refractivity contribution is -0.108. The topological polar surface area (TPSA) is 30.0 Å². The molecule has 3 heteroatoms. The maximum Gasteiger partial charge on any atom is 0.123 e. The molecular formula is C19H20FNO. The monoisotopic (exact) mass is 297 g/mol. The number of pyridine rings is 1. The molecule has 114 valence electrons. The highest BCUT2D eigenvalue weighted by Crippen LogP contribution is 2.53. The van der Waals surface area contributed by atoms with Crippen LogP contribution in [0.25, 0.3) is 10.9 Å². The lowest BCUT2D eigenvalue weighted by Crippen LogP contribution is -2.02. The van der Waals surface area contributed by atoms with Gasteiger partial charge in [0.05, 0.1) is 5.52 Å². The van der Waals surface area contributed by atoms with Crippen molar-refractivity contribution in [3.8, 4) is 0 Å². The van der Waals surface area contributed by atoms with E-state index in [2.05, 4.69) is 11.1 Å². The minimum Gasteiger partial charge on any atom is -0.303 e. The van der Waals surface area contributed by atoms with Gasteiger partial charge >= 0.3 is 0 Å². The van der Waals surface area contributed by atoms with Crippen LogP contribution < -0.4 is 0 Å². The molecule has 2 fully saturated rings. The molecule has 22 heavy (non-hydrogen) atoms. The smallest absolute Gasteiger partial charge is 0.123 e. The molecule has 1 aromatic carbocycles. The first kappa shape index (κ1) is 13.9. The van der Waals surface area contributed by atoms with Gasteiger partial charge in [0.25, 0.3) is 0 Å². The van der Waals surface area contributed by atoms with Crippen LogP contribution in [0.2, 0.25) is 0 Å². The average Bonchev–Trinajstić information content (AvgIpc) is 3.05. The van der Waals surface area contributed by atoms with Crippen molar-refractivity contribution in [3.05, 3.63) is 41.8 Å². The number of fused-ring (bicyclic) bond motifs is 2. The summed E-state index contributed by atoms with van der Waals surface area (Å²) in [6.07, 6.45) is 8.38. The summed E-state index contributed by atoms with van der Waals surface area (Å²) in [5.41, 5.74) is 2.14. The van der Waals surface area contributed by atoms with Crippen molar-refractivity contribution < 1.29 is 9.18 Å². The second kappa shape index (κ2) is 5.45. The molecule has 2 aliphatic rings. The standard InChI is InChI=1S/C19H20FNO/c20-16-1-2-19-18(11-16)17(3-5-21-19)15-9-13-7-12(4-6-22)8-14(13)10-15/h1-3,5-6,11-15H,4,7-10H2. The van der Waals surface area contributed by atoms with Crippen LogP contribution in [0, 0.1) is 23.6 Å². The Balaban J connectivity index is 1.60. The van der Waals surface area contributed by atoms with Gasteiger partial charge in [0.2, 0.25) is 0 Å². The Morgan fingerprint density at radius 2 is 1.91 bits per heavy atom. The van der Waals surface area contributed by atoms with Gasteiger partial charge in [-0.25, -0.2) is 4.39 Å². The van der Waals surface area contributed by atoms with Gasteiger partial charge in [0, 0.05) is 18.0 Å². The number of aromatic nitrogens is 1. The highest BCUT2D eigenvalue weighted by molar-refractivity contribution is 5.82. The van der Waals surface area contributed by atoms with E-state index in [-0.39, 0.29) is 5.82 Å². The van der Waals surface area contributed by atoms with Crippen LogP contribution in [0.4, 0.5) is 4.39 Å². The molecule has 2 aromatic rings. The molecular weight excluding hydrogens is 277 g/mol. The Morgan fingerprint density at radius 3 is 2.64 bits per heavy atom. The fourth-order valence-corrected chi connectivity index (χ4v) is 4.82. The van der Waals surface area contributed by atoms with E-state index in [4.69, 9.17) is 0 Å². The summed E-state index contributed by atoms with van der Waals surface area (Å²) in [5.74, 6) is 2.41. The molecule has 0 spiro atoms. The lowest BCUT2D eigenvalue weighted by Gasteiger charge is -2.16. The molecule has 1 heterocycles. The Kier molecular flexibility index (Phi) is 3.44. The molecule has 0 N–H and O–H groups in total. The molecule has 2 nitrogen and oxygen atoms in total. The minimum atomic E-state index is -0.189. The third-order valence-electron chi connectivity index (χ3n) is 5.72. The molecule has 1 aromatic heterocycles. The number of carbonyl (C=O) groups excluding carboxylic acids is 1. The predicted molar refractivity (Wildman–Crippen MR) is 84.1 cm³/mol. The first-order valence-corrected chi connectivity index (χ1v) is 8.22. The van der Waals surface area contributed by atoms with Crippen LogP contribution in [0.15, 0.2) is 30.5 Å². The molecule has 0 amide bonds. The van der Waals surface area contributed by atoms with Crippen LogP contribution >= 0.6 is 0 Å². The average molecular weight is 297 g/mol. The minimum absolute atomic E-state index is 0.189. The van der Waals surface area contributed by atoms with Gasteiger partial charge in [-0.3, -0.25) is 4.98 Å². The second-order valence-electron chi connectivity index (χ2n) is 6.99. The fraction of sp³-hybridized carbons (Fsp3) is 0.474. The van der Waals surface area contributed by atoms with Crippen molar-refractivity contribution in [1.82, 2.24) is 4.98 Å². The van der Waals surface area contributed by atoms with Crippen LogP contribution in [-0.4, -0.2) is 11.3 Å². The zero-order valence-corrected chi connectivity index (χ0v) is 12.5. The fourth-order valence-electron chi connectivity index (χ4n) is 4.82. The van der Waals surface area contributed by atoms with Crippen LogP contribution in [0.5, 0.6) is 0 Å². The van der Waals surface area contributed by atoms with Crippen LogP contribution in [0.1, 0.15) is 43.6 Å². The number of halogens is 1. The summed E-state index contributed by atoms with van der Waals surface area (Å²) in [6.45, 7) is 0. The maximum atomic E-state index is 13.6. The number of aldehydes is 1. The van der Waals surface area contributed by atoms with Gasteiger partial charge in [-0.05, 0) is 79.2 Å². The number of benzene rings is 1. The zero-order chi connectivity index (χ0) is 15.1. The van der Waals surface area contributed by atoms with Gasteiger partial charge in [0.15, 0.2) is 0 Å². The van der Waals surface area contributed by atoms with Gasteiger partial charge in [-0.1, -0.05) is 0 Å². The van der Waals surface area contributed by atoms with Crippen molar-refractivity contribution in [1.29, 1.82) is 0 Å². The number of hydrogen-bond donors (Lipinski definition) is 0. The van der Waals surface area contributed by atoms with E-state index in [0.717, 1.165) is 35.4 Å². The summed E-state index contributed by atoms with van der Waals surface area (Å²) in [7, 11) is 0. The molecule has 2 aliphatic carbocycles. The molecule has 2 saturated carbocycles. The molecule has 4 rings (SSSR count). The van der Waals surface area contributed by atoms with Gasteiger partial charge in [0.1, 0.15) is 12.1 Å². The Hall–Kier alpha value is -1.77. The van der Waals surface area contributed by atoms with Crippen molar-refractivity contribution in [3.63, 3.8) is 0 Å². The summed E-state index contributed by atoms with van der Waals surface area (Å²) >= 11 is 0. The van der Waals surface area contributed by atoms with E-state index in [1.165, 1.54) is 37.3 Å². The van der Waals surface area contributed by atoms with E-state index in [1.807, 2.05) is 6.20 Å². The Morgan fingerprint density at radius 1 is 1.14 bits per heavy atom. The Bertz CT molecular complexity index is 700. The van der Waals surface area contributed by atoms with E-state index >= 15 is 0 Å². The van der Waals surface area contributed by atoms with E-state index in [0.29, 0.717) is 11.8 Å². The van der Waals surface area contributed by atoms with Crippen LogP contribution in [0.3, 0.4) is 0 Å². The number of carbonyl (C=O) groups is 1. The first-order valence-electron chi connectivity index (χ1n) is 8.22. The summed E-state index contributed by atoms with van der Waals surface area (Å²) in [4.78, 5) is 15.1. The first-order chi connectivity index (χ1) is 10.7. The number of rotatable bonds is 3. The van der Waals surface area contributed by atoms with E-state index in [9.17, 15) is 9.18 Å². The van der Waals surface area contributed by atoms with Crippen molar-refractivity contribution in [2.45, 2.75) is 38.0 Å². The number of nitrogens with zero attached hydrogens (tertiary/aromatic N) is 1. The Labute approximate surface area is 129 Å². The molecule has 2 unspecified atom stereocenters. The second-order valence-corrected chi connectivity index (χ2v) is 6.99. The largest absolute Gasteiger partial charge is 0.303 e.